The highest BCUT2D eigenvalue weighted by Gasteiger charge is 2.21. The zero-order chi connectivity index (χ0) is 26.8. The lowest BCUT2D eigenvalue weighted by atomic mass is 9.86. The average Bonchev–Trinajstić information content (AvgIpc) is 2.76. The molecule has 9 nitrogen and oxygen atoms in total. The Labute approximate surface area is 208 Å². The maximum Gasteiger partial charge on any atom is 0.265 e. The summed E-state index contributed by atoms with van der Waals surface area (Å²) in [6, 6.07) is 16.7. The standard InChI is InChI=1S/C22H31NO2.C2H6O6S2/c1-16(2)23(17(3)4)13-12-20(19-8-6-5-7-9-19)21-14-18(15-24)10-11-22(21)25;3-9(4,5)1-2-10(6,7)8/h5-11,14,16-17,20,24-25H,12-13,15H2,1-4H3;1-2H2,(H,3,4,5)(H,6,7,8)/t20-;/m1./s1. The number of phenols is 1. The van der Waals surface area contributed by atoms with Gasteiger partial charge < -0.3 is 10.2 Å². The first-order valence-corrected chi connectivity index (χ1v) is 14.5. The van der Waals surface area contributed by atoms with Crippen LogP contribution < -0.4 is 0 Å². The lowest BCUT2D eigenvalue weighted by Crippen LogP contribution is -2.38. The number of phenolic OH excluding ortho intramolecular Hbond substituents is 1. The summed E-state index contributed by atoms with van der Waals surface area (Å²) >= 11 is 0. The van der Waals surface area contributed by atoms with Gasteiger partial charge >= 0.3 is 0 Å². The molecule has 0 aromatic heterocycles. The highest BCUT2D eigenvalue weighted by molar-refractivity contribution is 7.89. The molecule has 0 aliphatic rings. The molecule has 0 unspecified atom stereocenters. The summed E-state index contributed by atoms with van der Waals surface area (Å²) in [5.74, 6) is -1.56. The van der Waals surface area contributed by atoms with Crippen molar-refractivity contribution in [1.82, 2.24) is 4.90 Å². The number of rotatable bonds is 11. The van der Waals surface area contributed by atoms with E-state index in [1.807, 2.05) is 24.3 Å². The molecule has 0 aliphatic heterocycles. The van der Waals surface area contributed by atoms with Gasteiger partial charge in [0, 0.05) is 23.6 Å². The Morgan fingerprint density at radius 3 is 1.77 bits per heavy atom. The van der Waals surface area contributed by atoms with Gasteiger partial charge in [-0.15, -0.1) is 0 Å². The van der Waals surface area contributed by atoms with E-state index in [1.165, 1.54) is 5.56 Å². The fourth-order valence-electron chi connectivity index (χ4n) is 3.77. The van der Waals surface area contributed by atoms with Crippen LogP contribution in [0.3, 0.4) is 0 Å². The normalized spacial score (nSPS) is 13.1. The van der Waals surface area contributed by atoms with E-state index in [0.29, 0.717) is 17.8 Å². The molecule has 0 fully saturated rings. The maximum absolute atomic E-state index is 10.5. The van der Waals surface area contributed by atoms with Gasteiger partial charge in [-0.1, -0.05) is 36.4 Å². The number of nitrogens with zero attached hydrogens (tertiary/aromatic N) is 1. The molecule has 0 amide bonds. The second kappa shape index (κ2) is 13.9. The zero-order valence-corrected chi connectivity index (χ0v) is 22.2. The molecule has 0 spiro atoms. The molecule has 35 heavy (non-hydrogen) atoms. The van der Waals surface area contributed by atoms with E-state index in [0.717, 1.165) is 24.1 Å². The second-order valence-electron chi connectivity index (χ2n) is 8.80. The molecule has 0 aliphatic carbocycles. The van der Waals surface area contributed by atoms with Crippen molar-refractivity contribution in [3.63, 3.8) is 0 Å². The fraction of sp³-hybridized carbons (Fsp3) is 0.500. The van der Waals surface area contributed by atoms with E-state index >= 15 is 0 Å². The van der Waals surface area contributed by atoms with Gasteiger partial charge in [0.1, 0.15) is 5.75 Å². The molecule has 0 bridgehead atoms. The molecule has 2 aromatic carbocycles. The number of aliphatic hydroxyl groups is 1. The van der Waals surface area contributed by atoms with Gasteiger partial charge in [0.25, 0.3) is 20.2 Å². The molecular weight excluding hydrogens is 494 g/mol. The van der Waals surface area contributed by atoms with Crippen molar-refractivity contribution in [3.05, 3.63) is 65.2 Å². The minimum atomic E-state index is -4.30. The predicted molar refractivity (Wildman–Crippen MR) is 137 cm³/mol. The summed E-state index contributed by atoms with van der Waals surface area (Å²) < 4.78 is 55.4. The van der Waals surface area contributed by atoms with Crippen molar-refractivity contribution in [3.8, 4) is 5.75 Å². The van der Waals surface area contributed by atoms with Crippen molar-refractivity contribution in [2.24, 2.45) is 0 Å². The third kappa shape index (κ3) is 12.0. The predicted octanol–water partition coefficient (Wildman–Crippen LogP) is 3.29. The van der Waals surface area contributed by atoms with Crippen molar-refractivity contribution in [1.29, 1.82) is 0 Å². The minimum Gasteiger partial charge on any atom is -0.508 e. The maximum atomic E-state index is 10.5. The van der Waals surface area contributed by atoms with Gasteiger partial charge in [-0.05, 0) is 63.9 Å². The molecule has 11 heteroatoms. The summed E-state index contributed by atoms with van der Waals surface area (Å²) in [6.07, 6.45) is 0.919. The van der Waals surface area contributed by atoms with Crippen LogP contribution in [0, 0.1) is 0 Å². The number of aromatic hydroxyl groups is 1. The largest absolute Gasteiger partial charge is 0.508 e. The quantitative estimate of drug-likeness (QED) is 0.320. The molecule has 2 rings (SSSR count). The molecular formula is C24H37NO8S2. The number of hydrogen-bond donors (Lipinski definition) is 4. The Balaban J connectivity index is 0.000000518. The topological polar surface area (TPSA) is 152 Å². The first-order valence-electron chi connectivity index (χ1n) is 11.3. The first kappa shape index (κ1) is 31.0. The van der Waals surface area contributed by atoms with Gasteiger partial charge in [0.15, 0.2) is 0 Å². The lowest BCUT2D eigenvalue weighted by Gasteiger charge is -2.32. The molecule has 4 N–H and O–H groups in total. The molecule has 2 aromatic rings. The van der Waals surface area contributed by atoms with Crippen molar-refractivity contribution in [2.45, 2.75) is 58.7 Å². The van der Waals surface area contributed by atoms with Crippen LogP contribution in [-0.2, 0) is 26.8 Å². The Bertz CT molecular complexity index is 1080. The lowest BCUT2D eigenvalue weighted by molar-refractivity contribution is 0.170. The Kier molecular flexibility index (Phi) is 12.3. The Morgan fingerprint density at radius 2 is 1.34 bits per heavy atom. The molecule has 198 valence electrons. The van der Waals surface area contributed by atoms with E-state index in [2.05, 4.69) is 44.7 Å². The van der Waals surface area contributed by atoms with E-state index < -0.39 is 31.7 Å². The van der Waals surface area contributed by atoms with Crippen LogP contribution in [-0.4, -0.2) is 71.2 Å². The third-order valence-corrected chi connectivity index (χ3v) is 7.15. The van der Waals surface area contributed by atoms with E-state index in [-0.39, 0.29) is 12.5 Å². The van der Waals surface area contributed by atoms with E-state index in [9.17, 15) is 27.0 Å². The number of aliphatic hydroxyl groups excluding tert-OH is 1. The molecule has 0 saturated carbocycles. The minimum absolute atomic E-state index is 0.0150. The van der Waals surface area contributed by atoms with Gasteiger partial charge in [-0.2, -0.15) is 16.8 Å². The first-order chi connectivity index (χ1) is 16.1. The van der Waals surface area contributed by atoms with Crippen molar-refractivity contribution in [2.75, 3.05) is 18.1 Å². The Hall–Kier alpha value is -2.02. The molecule has 0 saturated heterocycles. The zero-order valence-electron chi connectivity index (χ0n) is 20.6. The van der Waals surface area contributed by atoms with Crippen LogP contribution >= 0.6 is 0 Å². The van der Waals surface area contributed by atoms with Crippen LogP contribution in [0.5, 0.6) is 5.75 Å². The van der Waals surface area contributed by atoms with Gasteiger partial charge in [-0.3, -0.25) is 14.0 Å². The highest BCUT2D eigenvalue weighted by atomic mass is 32.2. The summed E-state index contributed by atoms with van der Waals surface area (Å²) in [6.45, 7) is 9.84. The van der Waals surface area contributed by atoms with Crippen LogP contribution in [0.1, 0.15) is 56.7 Å². The number of hydrogen-bond acceptors (Lipinski definition) is 7. The van der Waals surface area contributed by atoms with E-state index in [4.69, 9.17) is 9.11 Å². The number of benzene rings is 2. The summed E-state index contributed by atoms with van der Waals surface area (Å²) in [7, 11) is -8.59. The van der Waals surface area contributed by atoms with Gasteiger partial charge in [-0.25, -0.2) is 0 Å². The Morgan fingerprint density at radius 1 is 0.829 bits per heavy atom. The highest BCUT2D eigenvalue weighted by Crippen LogP contribution is 2.35. The van der Waals surface area contributed by atoms with Crippen LogP contribution in [0.2, 0.25) is 0 Å². The monoisotopic (exact) mass is 531 g/mol. The summed E-state index contributed by atoms with van der Waals surface area (Å²) in [4.78, 5) is 2.48. The SMILES string of the molecule is CC(C)N(CC[C@H](c1ccccc1)c1cc(CO)ccc1O)C(C)C.O=S(=O)(O)CCS(=O)(=O)O. The average molecular weight is 532 g/mol. The fourth-order valence-corrected chi connectivity index (χ4v) is 5.45. The van der Waals surface area contributed by atoms with Crippen LogP contribution in [0.25, 0.3) is 0 Å². The van der Waals surface area contributed by atoms with E-state index in [1.54, 1.807) is 12.1 Å². The molecule has 1 atom stereocenters. The van der Waals surface area contributed by atoms with Gasteiger partial charge in [0.2, 0.25) is 0 Å². The molecule has 0 heterocycles. The molecule has 0 radical (unpaired) electrons. The smallest absolute Gasteiger partial charge is 0.265 e. The van der Waals surface area contributed by atoms with Gasteiger partial charge in [0.05, 0.1) is 18.1 Å². The summed E-state index contributed by atoms with van der Waals surface area (Å²) in [5, 5.41) is 19.9. The van der Waals surface area contributed by atoms with Crippen molar-refractivity contribution < 1.29 is 36.2 Å². The van der Waals surface area contributed by atoms with Crippen molar-refractivity contribution >= 4 is 20.2 Å². The summed E-state index contributed by atoms with van der Waals surface area (Å²) in [5.41, 5.74) is 2.92. The van der Waals surface area contributed by atoms with Crippen LogP contribution in [0.4, 0.5) is 0 Å². The van der Waals surface area contributed by atoms with Crippen LogP contribution in [0.15, 0.2) is 48.5 Å². The second-order valence-corrected chi connectivity index (χ2v) is 11.9. The third-order valence-electron chi connectivity index (χ3n) is 5.45.